The maximum atomic E-state index is 10.8. The fourth-order valence-corrected chi connectivity index (χ4v) is 1.46. The van der Waals surface area contributed by atoms with Gasteiger partial charge in [-0.1, -0.05) is 10.2 Å². The normalized spacial score (nSPS) is 12.4. The number of rotatable bonds is 6. The molecule has 0 heterocycles. The van der Waals surface area contributed by atoms with Gasteiger partial charge in [-0.05, 0) is 11.1 Å². The van der Waals surface area contributed by atoms with Crippen molar-refractivity contribution in [2.24, 2.45) is 10.2 Å². The quantitative estimate of drug-likeness (QED) is 0.394. The highest BCUT2D eigenvalue weighted by atomic mass is 32.2. The van der Waals surface area contributed by atoms with E-state index in [2.05, 4.69) is 24.8 Å². The van der Waals surface area contributed by atoms with Crippen molar-refractivity contribution < 1.29 is 8.42 Å². The summed E-state index contributed by atoms with van der Waals surface area (Å²) in [7, 11) is -3.40. The molecule has 14 heavy (non-hydrogen) atoms. The first-order valence-electron chi connectivity index (χ1n) is 3.48. The van der Waals surface area contributed by atoms with Gasteiger partial charge in [0.05, 0.1) is 6.26 Å². The number of hydrogen-bond donors (Lipinski definition) is 1. The third-order valence-corrected chi connectivity index (χ3v) is 1.87. The van der Waals surface area contributed by atoms with E-state index in [-0.39, 0.29) is 13.1 Å². The van der Waals surface area contributed by atoms with Crippen LogP contribution in [-0.4, -0.2) is 33.8 Å². The standard InChI is InChI=1S/C4H9N7O2S/c1-14(12,13)9-4(2-7-10-5)3-8-11-6/h4,9H,2-3H2,1H3. The molecule has 78 valence electrons. The summed E-state index contributed by atoms with van der Waals surface area (Å²) < 4.78 is 23.7. The molecule has 0 radical (unpaired) electrons. The zero-order valence-electron chi connectivity index (χ0n) is 7.40. The van der Waals surface area contributed by atoms with Crippen LogP contribution in [0.3, 0.4) is 0 Å². The molecule has 0 aliphatic rings. The summed E-state index contributed by atoms with van der Waals surface area (Å²) in [5.74, 6) is 0. The Hall–Kier alpha value is -1.47. The third kappa shape index (κ3) is 7.19. The molecule has 0 saturated heterocycles. The first-order valence-corrected chi connectivity index (χ1v) is 5.37. The van der Waals surface area contributed by atoms with Crippen LogP contribution in [0.15, 0.2) is 10.2 Å². The molecule has 0 saturated carbocycles. The predicted molar refractivity (Wildman–Crippen MR) is 49.8 cm³/mol. The first-order chi connectivity index (χ1) is 6.49. The second-order valence-corrected chi connectivity index (χ2v) is 4.19. The van der Waals surface area contributed by atoms with Crippen LogP contribution < -0.4 is 4.72 Å². The number of nitrogens with one attached hydrogen (secondary N) is 1. The van der Waals surface area contributed by atoms with Crippen molar-refractivity contribution >= 4 is 10.0 Å². The lowest BCUT2D eigenvalue weighted by Crippen LogP contribution is -2.38. The van der Waals surface area contributed by atoms with Gasteiger partial charge < -0.3 is 0 Å². The molecule has 0 spiro atoms. The maximum Gasteiger partial charge on any atom is 0.208 e. The fraction of sp³-hybridized carbons (Fsp3) is 1.00. The lowest BCUT2D eigenvalue weighted by Gasteiger charge is -2.11. The van der Waals surface area contributed by atoms with Gasteiger partial charge in [0.2, 0.25) is 10.0 Å². The lowest BCUT2D eigenvalue weighted by atomic mass is 10.3. The van der Waals surface area contributed by atoms with Crippen LogP contribution in [0.25, 0.3) is 20.9 Å². The van der Waals surface area contributed by atoms with E-state index in [1.165, 1.54) is 0 Å². The smallest absolute Gasteiger partial charge is 0.208 e. The van der Waals surface area contributed by atoms with E-state index in [0.29, 0.717) is 0 Å². The summed E-state index contributed by atoms with van der Waals surface area (Å²) in [4.78, 5) is 4.94. The molecular weight excluding hydrogens is 210 g/mol. The van der Waals surface area contributed by atoms with Crippen molar-refractivity contribution in [2.45, 2.75) is 6.04 Å². The SMILES string of the molecule is CS(=O)(=O)NC(CN=[N+]=[N-])CN=[N+]=[N-]. The Labute approximate surface area is 80.4 Å². The Morgan fingerprint density at radius 2 is 1.71 bits per heavy atom. The average molecular weight is 219 g/mol. The minimum absolute atomic E-state index is 0.0947. The molecule has 0 aromatic rings. The van der Waals surface area contributed by atoms with Crippen LogP contribution >= 0.6 is 0 Å². The highest BCUT2D eigenvalue weighted by molar-refractivity contribution is 7.88. The monoisotopic (exact) mass is 219 g/mol. The van der Waals surface area contributed by atoms with Gasteiger partial charge in [0.15, 0.2) is 0 Å². The molecule has 0 bridgehead atoms. The molecule has 0 unspecified atom stereocenters. The summed E-state index contributed by atoms with van der Waals surface area (Å²) >= 11 is 0. The van der Waals surface area contributed by atoms with Crippen molar-refractivity contribution in [3.63, 3.8) is 0 Å². The third-order valence-electron chi connectivity index (χ3n) is 1.11. The maximum absolute atomic E-state index is 10.8. The Morgan fingerprint density at radius 3 is 2.00 bits per heavy atom. The summed E-state index contributed by atoms with van der Waals surface area (Å²) in [5, 5.41) is 6.36. The molecule has 0 atom stereocenters. The van der Waals surface area contributed by atoms with Gasteiger partial charge in [-0.15, -0.1) is 0 Å². The van der Waals surface area contributed by atoms with E-state index in [9.17, 15) is 8.42 Å². The number of azide groups is 2. The van der Waals surface area contributed by atoms with Gasteiger partial charge in [-0.2, -0.15) is 0 Å². The van der Waals surface area contributed by atoms with E-state index in [4.69, 9.17) is 11.1 Å². The van der Waals surface area contributed by atoms with Crippen molar-refractivity contribution in [1.82, 2.24) is 4.72 Å². The second kappa shape index (κ2) is 6.06. The highest BCUT2D eigenvalue weighted by Crippen LogP contribution is 1.91. The molecule has 0 aromatic heterocycles. The topological polar surface area (TPSA) is 144 Å². The zero-order valence-corrected chi connectivity index (χ0v) is 8.22. The van der Waals surface area contributed by atoms with E-state index in [0.717, 1.165) is 6.26 Å². The van der Waals surface area contributed by atoms with Gasteiger partial charge in [0.25, 0.3) is 0 Å². The lowest BCUT2D eigenvalue weighted by molar-refractivity contribution is 0.557. The van der Waals surface area contributed by atoms with Crippen LogP contribution in [0.1, 0.15) is 0 Å². The molecule has 0 aromatic carbocycles. The molecular formula is C4H9N7O2S. The predicted octanol–water partition coefficient (Wildman–Crippen LogP) is 0.525. The Morgan fingerprint density at radius 1 is 1.29 bits per heavy atom. The van der Waals surface area contributed by atoms with Crippen LogP contribution in [0.4, 0.5) is 0 Å². The van der Waals surface area contributed by atoms with E-state index in [1.807, 2.05) is 0 Å². The van der Waals surface area contributed by atoms with Crippen LogP contribution in [0, 0.1) is 0 Å². The van der Waals surface area contributed by atoms with Gasteiger partial charge >= 0.3 is 0 Å². The van der Waals surface area contributed by atoms with Gasteiger partial charge in [-0.25, -0.2) is 13.1 Å². The summed E-state index contributed by atoms with van der Waals surface area (Å²) in [6.07, 6.45) is 0.964. The van der Waals surface area contributed by atoms with Gasteiger partial charge in [-0.3, -0.25) is 0 Å². The number of hydrogen-bond acceptors (Lipinski definition) is 4. The largest absolute Gasteiger partial charge is 0.213 e. The summed E-state index contributed by atoms with van der Waals surface area (Å²) in [5.41, 5.74) is 16.0. The number of sulfonamides is 1. The second-order valence-electron chi connectivity index (χ2n) is 2.41. The molecule has 0 amide bonds. The van der Waals surface area contributed by atoms with Crippen LogP contribution in [0.5, 0.6) is 0 Å². The minimum Gasteiger partial charge on any atom is -0.213 e. The van der Waals surface area contributed by atoms with Crippen molar-refractivity contribution in [3.8, 4) is 0 Å². The molecule has 1 N–H and O–H groups in total. The first kappa shape index (κ1) is 12.5. The van der Waals surface area contributed by atoms with E-state index < -0.39 is 16.1 Å². The van der Waals surface area contributed by atoms with Gasteiger partial charge in [0, 0.05) is 29.0 Å². The van der Waals surface area contributed by atoms with Crippen molar-refractivity contribution in [3.05, 3.63) is 20.9 Å². The Kier molecular flexibility index (Phi) is 5.42. The highest BCUT2D eigenvalue weighted by Gasteiger charge is 2.11. The molecule has 0 aliphatic carbocycles. The van der Waals surface area contributed by atoms with Crippen molar-refractivity contribution in [1.29, 1.82) is 0 Å². The fourth-order valence-electron chi connectivity index (χ4n) is 0.705. The summed E-state index contributed by atoms with van der Waals surface area (Å²) in [6, 6.07) is -0.697. The van der Waals surface area contributed by atoms with Crippen molar-refractivity contribution in [2.75, 3.05) is 19.3 Å². The summed E-state index contributed by atoms with van der Waals surface area (Å²) in [6.45, 7) is -0.189. The molecule has 0 fully saturated rings. The van der Waals surface area contributed by atoms with Crippen LogP contribution in [-0.2, 0) is 10.0 Å². The minimum atomic E-state index is -3.40. The van der Waals surface area contributed by atoms with Crippen LogP contribution in [0.2, 0.25) is 0 Å². The number of nitrogens with zero attached hydrogens (tertiary/aromatic N) is 6. The molecule has 0 aliphatic heterocycles. The van der Waals surface area contributed by atoms with Gasteiger partial charge in [0.1, 0.15) is 0 Å². The molecule has 9 nitrogen and oxygen atoms in total. The Balaban J connectivity index is 4.38. The van der Waals surface area contributed by atoms with E-state index >= 15 is 0 Å². The molecule has 10 heteroatoms. The molecule has 0 rings (SSSR count). The zero-order chi connectivity index (χ0) is 11.0. The van der Waals surface area contributed by atoms with E-state index in [1.54, 1.807) is 0 Å². The average Bonchev–Trinajstić information content (AvgIpc) is 2.07. The Bertz CT molecular complexity index is 343.